The molecule has 1 nitrogen and oxygen atoms in total. The maximum Gasteiger partial charge on any atom is 0.0331 e. The second-order valence-electron chi connectivity index (χ2n) is 4.10. The molecule has 0 aromatic heterocycles. The van der Waals surface area contributed by atoms with Crippen molar-refractivity contribution in [3.63, 3.8) is 0 Å². The van der Waals surface area contributed by atoms with E-state index < -0.39 is 0 Å². The maximum atomic E-state index is 3.66. The number of benzene rings is 1. The molecule has 1 aromatic rings. The Morgan fingerprint density at radius 2 is 2.00 bits per heavy atom. The van der Waals surface area contributed by atoms with Crippen LogP contribution in [0.1, 0.15) is 37.3 Å². The molecule has 0 aliphatic carbocycles. The highest BCUT2D eigenvalue weighted by molar-refractivity contribution is 7.98. The molecular weight excluding hydrogens is 238 g/mol. The van der Waals surface area contributed by atoms with Crippen molar-refractivity contribution in [1.29, 1.82) is 0 Å². The molecule has 1 N–H and O–H groups in total. The van der Waals surface area contributed by atoms with E-state index in [1.807, 2.05) is 11.8 Å². The molecule has 0 saturated carbocycles. The highest BCUT2D eigenvalue weighted by atomic mass is 35.5. The van der Waals surface area contributed by atoms with Crippen molar-refractivity contribution in [2.75, 3.05) is 12.8 Å². The Morgan fingerprint density at radius 3 is 2.81 bits per heavy atom. The summed E-state index contributed by atoms with van der Waals surface area (Å²) in [5, 5.41) is 3.66. The largest absolute Gasteiger partial charge is 0.310 e. The van der Waals surface area contributed by atoms with Gasteiger partial charge in [-0.1, -0.05) is 31.0 Å². The minimum absolute atomic E-state index is 0. The van der Waals surface area contributed by atoms with Crippen LogP contribution in [0.5, 0.6) is 0 Å². The monoisotopic (exact) mass is 257 g/mol. The van der Waals surface area contributed by atoms with Gasteiger partial charge in [-0.3, -0.25) is 0 Å². The fourth-order valence-corrected chi connectivity index (χ4v) is 2.91. The molecule has 1 atom stereocenters. The fraction of sp³-hybridized carbons (Fsp3) is 0.538. The van der Waals surface area contributed by atoms with Crippen LogP contribution in [0.4, 0.5) is 0 Å². The second-order valence-corrected chi connectivity index (χ2v) is 4.95. The first-order chi connectivity index (χ1) is 7.42. The van der Waals surface area contributed by atoms with Crippen molar-refractivity contribution in [2.45, 2.75) is 36.6 Å². The molecule has 0 spiro atoms. The Balaban J connectivity index is 0.00000128. The number of hydrogen-bond donors (Lipinski definition) is 1. The minimum atomic E-state index is 0. The van der Waals surface area contributed by atoms with E-state index in [0.717, 1.165) is 0 Å². The Bertz CT molecular complexity index is 309. The van der Waals surface area contributed by atoms with Crippen LogP contribution in [-0.4, -0.2) is 12.8 Å². The summed E-state index contributed by atoms with van der Waals surface area (Å²) in [5.41, 5.74) is 1.49. The van der Waals surface area contributed by atoms with Crippen LogP contribution in [0.25, 0.3) is 0 Å². The lowest BCUT2D eigenvalue weighted by molar-refractivity contribution is 0.527. The summed E-state index contributed by atoms with van der Waals surface area (Å²) in [6.07, 6.45) is 7.52. The third-order valence-electron chi connectivity index (χ3n) is 3.07. The van der Waals surface area contributed by atoms with Crippen LogP contribution in [-0.2, 0) is 0 Å². The SMILES string of the molecule is CSc1ccccc1C1CCCCCN1.Cl. The van der Waals surface area contributed by atoms with E-state index in [9.17, 15) is 0 Å². The summed E-state index contributed by atoms with van der Waals surface area (Å²) in [5.74, 6) is 0. The van der Waals surface area contributed by atoms with Gasteiger partial charge in [-0.2, -0.15) is 0 Å². The van der Waals surface area contributed by atoms with Gasteiger partial charge in [-0.15, -0.1) is 24.2 Å². The lowest BCUT2D eigenvalue weighted by Gasteiger charge is -2.18. The van der Waals surface area contributed by atoms with E-state index in [-0.39, 0.29) is 12.4 Å². The molecule has 1 unspecified atom stereocenters. The molecule has 0 amide bonds. The molecule has 1 aliphatic heterocycles. The smallest absolute Gasteiger partial charge is 0.0331 e. The van der Waals surface area contributed by atoms with Crippen molar-refractivity contribution in [3.8, 4) is 0 Å². The van der Waals surface area contributed by atoms with Gasteiger partial charge in [0.15, 0.2) is 0 Å². The third-order valence-corrected chi connectivity index (χ3v) is 3.89. The molecule has 2 rings (SSSR count). The van der Waals surface area contributed by atoms with Crippen molar-refractivity contribution in [1.82, 2.24) is 5.32 Å². The van der Waals surface area contributed by atoms with Crippen LogP contribution in [0, 0.1) is 0 Å². The standard InChI is InChI=1S/C13H19NS.ClH/c1-15-13-9-5-4-7-11(13)12-8-3-2-6-10-14-12;/h4-5,7,9,12,14H,2-3,6,8,10H2,1H3;1H. The fourth-order valence-electron chi connectivity index (χ4n) is 2.25. The molecule has 1 fully saturated rings. The highest BCUT2D eigenvalue weighted by Crippen LogP contribution is 2.29. The van der Waals surface area contributed by atoms with Gasteiger partial charge >= 0.3 is 0 Å². The van der Waals surface area contributed by atoms with Crippen LogP contribution >= 0.6 is 24.2 Å². The van der Waals surface area contributed by atoms with Crippen LogP contribution in [0.15, 0.2) is 29.2 Å². The molecule has 1 heterocycles. The number of rotatable bonds is 2. The molecule has 16 heavy (non-hydrogen) atoms. The average Bonchev–Trinajstić information content (AvgIpc) is 2.57. The quantitative estimate of drug-likeness (QED) is 0.803. The normalized spacial score (nSPS) is 20.9. The van der Waals surface area contributed by atoms with Crippen molar-refractivity contribution in [3.05, 3.63) is 29.8 Å². The molecular formula is C13H20ClNS. The first-order valence-corrected chi connectivity index (χ1v) is 7.00. The highest BCUT2D eigenvalue weighted by Gasteiger charge is 2.15. The number of halogens is 1. The Morgan fingerprint density at radius 1 is 1.19 bits per heavy atom. The van der Waals surface area contributed by atoms with Crippen molar-refractivity contribution < 1.29 is 0 Å². The first-order valence-electron chi connectivity index (χ1n) is 5.78. The van der Waals surface area contributed by atoms with Gasteiger partial charge in [0.05, 0.1) is 0 Å². The average molecular weight is 258 g/mol. The van der Waals surface area contributed by atoms with Crippen molar-refractivity contribution in [2.24, 2.45) is 0 Å². The summed E-state index contributed by atoms with van der Waals surface area (Å²) < 4.78 is 0. The van der Waals surface area contributed by atoms with Gasteiger partial charge in [-0.05, 0) is 37.3 Å². The van der Waals surface area contributed by atoms with E-state index in [4.69, 9.17) is 0 Å². The van der Waals surface area contributed by atoms with Gasteiger partial charge in [0.2, 0.25) is 0 Å². The lowest BCUT2D eigenvalue weighted by Crippen LogP contribution is -2.20. The van der Waals surface area contributed by atoms with E-state index >= 15 is 0 Å². The predicted molar refractivity (Wildman–Crippen MR) is 74.7 cm³/mol. The summed E-state index contributed by atoms with van der Waals surface area (Å²) in [6.45, 7) is 1.17. The zero-order valence-electron chi connectivity index (χ0n) is 9.74. The summed E-state index contributed by atoms with van der Waals surface area (Å²) in [7, 11) is 0. The topological polar surface area (TPSA) is 12.0 Å². The maximum absolute atomic E-state index is 3.66. The Kier molecular flexibility index (Phi) is 6.25. The predicted octanol–water partition coefficient (Wildman–Crippen LogP) is 4.04. The molecule has 0 radical (unpaired) electrons. The van der Waals surface area contributed by atoms with Crippen molar-refractivity contribution >= 4 is 24.2 Å². The molecule has 1 saturated heterocycles. The summed E-state index contributed by atoms with van der Waals surface area (Å²) >= 11 is 1.86. The van der Waals surface area contributed by atoms with Gasteiger partial charge in [0.25, 0.3) is 0 Å². The lowest BCUT2D eigenvalue weighted by atomic mass is 10.0. The molecule has 3 heteroatoms. The molecule has 90 valence electrons. The molecule has 1 aliphatic rings. The Hall–Kier alpha value is -0.180. The summed E-state index contributed by atoms with van der Waals surface area (Å²) in [6, 6.07) is 9.37. The van der Waals surface area contributed by atoms with Crippen LogP contribution in [0.2, 0.25) is 0 Å². The Labute approximate surface area is 109 Å². The van der Waals surface area contributed by atoms with E-state index in [1.54, 1.807) is 0 Å². The van der Waals surface area contributed by atoms with Gasteiger partial charge in [0.1, 0.15) is 0 Å². The number of nitrogens with one attached hydrogen (secondary N) is 1. The minimum Gasteiger partial charge on any atom is -0.310 e. The van der Waals surface area contributed by atoms with Crippen LogP contribution < -0.4 is 5.32 Å². The number of hydrogen-bond acceptors (Lipinski definition) is 2. The van der Waals surface area contributed by atoms with E-state index in [1.165, 1.54) is 42.7 Å². The van der Waals surface area contributed by atoms with E-state index in [0.29, 0.717) is 6.04 Å². The third kappa shape index (κ3) is 3.41. The number of thioether (sulfide) groups is 1. The zero-order valence-corrected chi connectivity index (χ0v) is 11.4. The van der Waals surface area contributed by atoms with Gasteiger partial charge < -0.3 is 5.32 Å². The second kappa shape index (κ2) is 7.21. The molecule has 1 aromatic carbocycles. The first kappa shape index (κ1) is 13.9. The van der Waals surface area contributed by atoms with Crippen LogP contribution in [0.3, 0.4) is 0 Å². The molecule has 0 bridgehead atoms. The van der Waals surface area contributed by atoms with E-state index in [2.05, 4.69) is 35.8 Å². The zero-order chi connectivity index (χ0) is 10.5. The summed E-state index contributed by atoms with van der Waals surface area (Å²) in [4.78, 5) is 1.43. The van der Waals surface area contributed by atoms with Gasteiger partial charge in [-0.25, -0.2) is 0 Å². The van der Waals surface area contributed by atoms with Gasteiger partial charge in [0, 0.05) is 10.9 Å².